The van der Waals surface area contributed by atoms with Crippen LogP contribution in [0.3, 0.4) is 0 Å². The number of anilines is 1. The summed E-state index contributed by atoms with van der Waals surface area (Å²) >= 11 is 7.31. The van der Waals surface area contributed by atoms with Gasteiger partial charge >= 0.3 is 0 Å². The van der Waals surface area contributed by atoms with E-state index in [0.29, 0.717) is 18.1 Å². The molecule has 9 heteroatoms. The molecular formula is C18H21ClN2O4S2. The molecule has 0 bridgehead atoms. The Morgan fingerprint density at radius 2 is 1.85 bits per heavy atom. The van der Waals surface area contributed by atoms with Gasteiger partial charge in [-0.3, -0.25) is 4.79 Å². The van der Waals surface area contributed by atoms with E-state index >= 15 is 0 Å². The van der Waals surface area contributed by atoms with Gasteiger partial charge in [-0.25, -0.2) is 8.42 Å². The van der Waals surface area contributed by atoms with Gasteiger partial charge in [0.1, 0.15) is 5.75 Å². The number of aromatic hydroxyl groups is 1. The zero-order valence-corrected chi connectivity index (χ0v) is 17.4. The van der Waals surface area contributed by atoms with E-state index < -0.39 is 10.0 Å². The molecule has 1 amide bonds. The second-order valence-corrected chi connectivity index (χ2v) is 8.90. The van der Waals surface area contributed by atoms with E-state index in [1.165, 1.54) is 34.3 Å². The first kappa shape index (κ1) is 21.6. The summed E-state index contributed by atoms with van der Waals surface area (Å²) in [5.41, 5.74) is 0.0491. The fourth-order valence-corrected chi connectivity index (χ4v) is 4.90. The number of carbonyl (C=O) groups excluding carboxylic acids is 1. The molecule has 0 aromatic heterocycles. The minimum Gasteiger partial charge on any atom is -0.506 e. The third-order valence-corrected chi connectivity index (χ3v) is 7.34. The van der Waals surface area contributed by atoms with Crippen LogP contribution in [-0.2, 0) is 14.8 Å². The Labute approximate surface area is 168 Å². The van der Waals surface area contributed by atoms with Crippen LogP contribution >= 0.6 is 23.4 Å². The molecule has 0 spiro atoms. The maximum Gasteiger partial charge on any atom is 0.243 e. The Bertz CT molecular complexity index is 915. The van der Waals surface area contributed by atoms with Gasteiger partial charge in [-0.05, 0) is 30.3 Å². The zero-order chi connectivity index (χ0) is 20.0. The quantitative estimate of drug-likeness (QED) is 0.493. The first-order valence-corrected chi connectivity index (χ1v) is 11.1. The van der Waals surface area contributed by atoms with Gasteiger partial charge < -0.3 is 10.4 Å². The van der Waals surface area contributed by atoms with E-state index in [-0.39, 0.29) is 28.0 Å². The van der Waals surface area contributed by atoms with Gasteiger partial charge in [0.15, 0.2) is 0 Å². The summed E-state index contributed by atoms with van der Waals surface area (Å²) in [6.07, 6.45) is 0. The SMILES string of the molecule is CCN(CC)S(=O)(=O)c1ccc(O)c(NC(=O)CSc2ccccc2Cl)c1. The number of rotatable bonds is 8. The normalized spacial score (nSPS) is 11.6. The summed E-state index contributed by atoms with van der Waals surface area (Å²) in [5, 5.41) is 13.1. The molecule has 0 aliphatic carbocycles. The Morgan fingerprint density at radius 3 is 2.48 bits per heavy atom. The molecule has 0 heterocycles. The maximum absolute atomic E-state index is 12.6. The van der Waals surface area contributed by atoms with E-state index in [1.807, 2.05) is 6.07 Å². The molecule has 0 saturated carbocycles. The van der Waals surface area contributed by atoms with Crippen LogP contribution in [0.25, 0.3) is 0 Å². The Balaban J connectivity index is 2.14. The molecule has 0 fully saturated rings. The van der Waals surface area contributed by atoms with Crippen molar-refractivity contribution >= 4 is 45.0 Å². The van der Waals surface area contributed by atoms with Crippen LogP contribution in [0.4, 0.5) is 5.69 Å². The van der Waals surface area contributed by atoms with E-state index in [4.69, 9.17) is 11.6 Å². The lowest BCUT2D eigenvalue weighted by Gasteiger charge is -2.19. The number of phenols is 1. The minimum absolute atomic E-state index is 0.0121. The summed E-state index contributed by atoms with van der Waals surface area (Å²) in [4.78, 5) is 13.0. The standard InChI is InChI=1S/C18H21ClN2O4S2/c1-3-21(4-2)27(24,25)13-9-10-16(22)15(11-13)20-18(23)12-26-17-8-6-5-7-14(17)19/h5-11,22H,3-4,12H2,1-2H3,(H,20,23). The molecule has 0 aliphatic rings. The van der Waals surface area contributed by atoms with Crippen molar-refractivity contribution in [1.29, 1.82) is 0 Å². The van der Waals surface area contributed by atoms with E-state index in [9.17, 15) is 18.3 Å². The first-order valence-electron chi connectivity index (χ1n) is 8.30. The predicted octanol–water partition coefficient (Wildman–Crippen LogP) is 3.81. The molecule has 6 nitrogen and oxygen atoms in total. The summed E-state index contributed by atoms with van der Waals surface area (Å²) in [7, 11) is -3.69. The Kier molecular flexibility index (Phi) is 7.55. The topological polar surface area (TPSA) is 86.7 Å². The number of carbonyl (C=O) groups is 1. The highest BCUT2D eigenvalue weighted by Crippen LogP contribution is 2.29. The van der Waals surface area contributed by atoms with Crippen LogP contribution in [0.15, 0.2) is 52.3 Å². The lowest BCUT2D eigenvalue weighted by molar-refractivity contribution is -0.113. The van der Waals surface area contributed by atoms with Gasteiger partial charge in [0.25, 0.3) is 0 Å². The fraction of sp³-hybridized carbons (Fsp3) is 0.278. The molecule has 2 rings (SSSR count). The van der Waals surface area contributed by atoms with Gasteiger partial charge in [0, 0.05) is 18.0 Å². The molecular weight excluding hydrogens is 408 g/mol. The van der Waals surface area contributed by atoms with Gasteiger partial charge in [0.05, 0.1) is 21.4 Å². The summed E-state index contributed by atoms with van der Waals surface area (Å²) in [6.45, 7) is 4.15. The summed E-state index contributed by atoms with van der Waals surface area (Å²) in [5.74, 6) is -0.520. The molecule has 2 aromatic carbocycles. The number of nitrogens with zero attached hydrogens (tertiary/aromatic N) is 1. The highest BCUT2D eigenvalue weighted by atomic mass is 35.5. The molecule has 146 valence electrons. The average Bonchev–Trinajstić information content (AvgIpc) is 2.63. The Hall–Kier alpha value is -1.74. The van der Waals surface area contributed by atoms with Crippen molar-refractivity contribution in [2.24, 2.45) is 0 Å². The zero-order valence-electron chi connectivity index (χ0n) is 15.0. The summed E-state index contributed by atoms with van der Waals surface area (Å²) in [6, 6.07) is 11.0. The monoisotopic (exact) mass is 428 g/mol. The van der Waals surface area contributed by atoms with Crippen molar-refractivity contribution in [3.63, 3.8) is 0 Å². The van der Waals surface area contributed by atoms with Crippen molar-refractivity contribution in [3.05, 3.63) is 47.5 Å². The van der Waals surface area contributed by atoms with Crippen LogP contribution in [0.1, 0.15) is 13.8 Å². The number of thioether (sulfide) groups is 1. The van der Waals surface area contributed by atoms with E-state index in [2.05, 4.69) is 5.32 Å². The third-order valence-electron chi connectivity index (χ3n) is 3.78. The number of benzene rings is 2. The molecule has 0 aliphatic heterocycles. The molecule has 2 aromatic rings. The number of amides is 1. The van der Waals surface area contributed by atoms with Crippen LogP contribution in [-0.4, -0.2) is 42.6 Å². The van der Waals surface area contributed by atoms with Crippen LogP contribution < -0.4 is 5.32 Å². The predicted molar refractivity (Wildman–Crippen MR) is 109 cm³/mol. The fourth-order valence-electron chi connectivity index (χ4n) is 2.38. The van der Waals surface area contributed by atoms with Crippen LogP contribution in [0, 0.1) is 0 Å². The number of hydrogen-bond acceptors (Lipinski definition) is 5. The van der Waals surface area contributed by atoms with Gasteiger partial charge in [0.2, 0.25) is 15.9 Å². The van der Waals surface area contributed by atoms with Crippen molar-refractivity contribution < 1.29 is 18.3 Å². The lowest BCUT2D eigenvalue weighted by atomic mass is 10.3. The van der Waals surface area contributed by atoms with Crippen LogP contribution in [0.2, 0.25) is 5.02 Å². The average molecular weight is 429 g/mol. The van der Waals surface area contributed by atoms with Gasteiger partial charge in [-0.2, -0.15) is 4.31 Å². The van der Waals surface area contributed by atoms with Crippen molar-refractivity contribution in [1.82, 2.24) is 4.31 Å². The second-order valence-electron chi connectivity index (χ2n) is 5.54. The second kappa shape index (κ2) is 9.45. The van der Waals surface area contributed by atoms with E-state index in [0.717, 1.165) is 4.90 Å². The van der Waals surface area contributed by atoms with Crippen molar-refractivity contribution in [2.45, 2.75) is 23.6 Å². The number of nitrogens with one attached hydrogen (secondary N) is 1. The van der Waals surface area contributed by atoms with Gasteiger partial charge in [-0.1, -0.05) is 37.6 Å². The molecule has 0 atom stereocenters. The third kappa shape index (κ3) is 5.38. The first-order chi connectivity index (χ1) is 12.8. The van der Waals surface area contributed by atoms with Gasteiger partial charge in [-0.15, -0.1) is 11.8 Å². The van der Waals surface area contributed by atoms with Crippen molar-refractivity contribution in [2.75, 3.05) is 24.2 Å². The molecule has 0 saturated heterocycles. The lowest BCUT2D eigenvalue weighted by Crippen LogP contribution is -2.30. The molecule has 0 unspecified atom stereocenters. The number of sulfonamides is 1. The maximum atomic E-state index is 12.6. The van der Waals surface area contributed by atoms with Crippen LogP contribution in [0.5, 0.6) is 5.75 Å². The molecule has 2 N–H and O–H groups in total. The molecule has 27 heavy (non-hydrogen) atoms. The largest absolute Gasteiger partial charge is 0.506 e. The summed E-state index contributed by atoms with van der Waals surface area (Å²) < 4.78 is 26.5. The molecule has 0 radical (unpaired) electrons. The minimum atomic E-state index is -3.69. The number of hydrogen-bond donors (Lipinski definition) is 2. The number of phenolic OH excluding ortho intramolecular Hbond substituents is 1. The van der Waals surface area contributed by atoms with Crippen molar-refractivity contribution in [3.8, 4) is 5.75 Å². The smallest absolute Gasteiger partial charge is 0.243 e. The Morgan fingerprint density at radius 1 is 1.19 bits per heavy atom. The van der Waals surface area contributed by atoms with E-state index in [1.54, 1.807) is 32.0 Å². The highest BCUT2D eigenvalue weighted by Gasteiger charge is 2.23. The number of halogens is 1. The highest BCUT2D eigenvalue weighted by molar-refractivity contribution is 8.00.